The van der Waals surface area contributed by atoms with Crippen LogP contribution >= 0.6 is 0 Å². The van der Waals surface area contributed by atoms with Crippen molar-refractivity contribution in [3.8, 4) is 0 Å². The Hall–Kier alpha value is -0.160. The second-order valence-corrected chi connectivity index (χ2v) is 3.46. The summed E-state index contributed by atoms with van der Waals surface area (Å²) in [5.41, 5.74) is 5.28. The molecule has 0 aromatic heterocycles. The average Bonchev–Trinajstić information content (AvgIpc) is 2.19. The number of rotatable bonds is 3. The first-order valence-electron chi connectivity index (χ1n) is 4.58. The van der Waals surface area contributed by atoms with E-state index in [9.17, 15) is 0 Å². The predicted octanol–water partition coefficient (Wildman–Crippen LogP) is 0.851. The Bertz CT molecular complexity index is 170. The molecule has 1 atom stereocenters. The number of ether oxygens (including phenoxy) is 3. The van der Waals surface area contributed by atoms with Gasteiger partial charge in [0, 0.05) is 27.8 Å². The van der Waals surface area contributed by atoms with Crippen LogP contribution < -0.4 is 5.73 Å². The number of methoxy groups -OCH3 is 3. The summed E-state index contributed by atoms with van der Waals surface area (Å²) in [7, 11) is 4.81. The number of nitrogens with two attached hydrogens (primary N) is 1. The fourth-order valence-corrected chi connectivity index (χ4v) is 2.04. The Balaban J connectivity index is 2.87. The molecule has 4 heteroatoms. The van der Waals surface area contributed by atoms with Gasteiger partial charge in [0.15, 0.2) is 5.72 Å². The highest BCUT2D eigenvalue weighted by atomic mass is 16.7. The highest BCUT2D eigenvalue weighted by Gasteiger charge is 2.52. The van der Waals surface area contributed by atoms with Crippen LogP contribution in [0.3, 0.4) is 0 Å². The van der Waals surface area contributed by atoms with Gasteiger partial charge >= 0.3 is 0 Å². The fraction of sp³-hybridized carbons (Fsp3) is 1.00. The van der Waals surface area contributed by atoms with Gasteiger partial charge in [0.25, 0.3) is 0 Å². The Morgan fingerprint density at radius 3 is 1.85 bits per heavy atom. The minimum absolute atomic E-state index is 0.769. The van der Waals surface area contributed by atoms with Gasteiger partial charge in [-0.05, 0) is 19.3 Å². The summed E-state index contributed by atoms with van der Waals surface area (Å²) in [5.74, 6) is -0.778. The van der Waals surface area contributed by atoms with E-state index in [1.807, 2.05) is 0 Å². The van der Waals surface area contributed by atoms with E-state index in [0.29, 0.717) is 0 Å². The molecule has 0 aromatic rings. The maximum Gasteiger partial charge on any atom is 0.210 e. The van der Waals surface area contributed by atoms with Gasteiger partial charge in [-0.2, -0.15) is 0 Å². The lowest BCUT2D eigenvalue weighted by Crippen LogP contribution is -2.65. The van der Waals surface area contributed by atoms with Crippen LogP contribution in [0.2, 0.25) is 0 Å². The molecule has 0 heterocycles. The van der Waals surface area contributed by atoms with Gasteiger partial charge in [0.2, 0.25) is 5.79 Å². The van der Waals surface area contributed by atoms with Gasteiger partial charge in [-0.1, -0.05) is 0 Å². The maximum atomic E-state index is 6.09. The molecule has 2 N–H and O–H groups in total. The van der Waals surface area contributed by atoms with Crippen molar-refractivity contribution in [3.63, 3.8) is 0 Å². The first-order chi connectivity index (χ1) is 6.14. The third kappa shape index (κ3) is 1.59. The lowest BCUT2D eigenvalue weighted by Gasteiger charge is -2.47. The standard InChI is InChI=1S/C9H19NO3/c1-11-8(10)6-4-5-7-9(8,12-2)13-3/h4-7,10H2,1-3H3. The van der Waals surface area contributed by atoms with E-state index in [4.69, 9.17) is 19.9 Å². The van der Waals surface area contributed by atoms with Crippen LogP contribution in [-0.4, -0.2) is 32.8 Å². The molecule has 4 nitrogen and oxygen atoms in total. The van der Waals surface area contributed by atoms with E-state index in [1.54, 1.807) is 21.3 Å². The van der Waals surface area contributed by atoms with Crippen LogP contribution in [-0.2, 0) is 14.2 Å². The molecule has 0 radical (unpaired) electrons. The van der Waals surface area contributed by atoms with E-state index in [2.05, 4.69) is 0 Å². The molecule has 0 aromatic carbocycles. The summed E-state index contributed by atoms with van der Waals surface area (Å²) in [6.07, 6.45) is 3.66. The molecule has 0 bridgehead atoms. The molecule has 13 heavy (non-hydrogen) atoms. The normalized spacial score (nSPS) is 33.2. The Morgan fingerprint density at radius 2 is 1.46 bits per heavy atom. The van der Waals surface area contributed by atoms with Crippen molar-refractivity contribution in [1.82, 2.24) is 0 Å². The van der Waals surface area contributed by atoms with Crippen molar-refractivity contribution in [2.75, 3.05) is 21.3 Å². The first kappa shape index (κ1) is 10.9. The summed E-state index contributed by atoms with van der Waals surface area (Å²) in [5, 5.41) is 0. The van der Waals surface area contributed by atoms with Crippen LogP contribution in [0, 0.1) is 0 Å². The summed E-state index contributed by atoms with van der Waals surface area (Å²) >= 11 is 0. The number of hydrogen-bond acceptors (Lipinski definition) is 4. The molecule has 0 saturated heterocycles. The first-order valence-corrected chi connectivity index (χ1v) is 4.58. The van der Waals surface area contributed by atoms with Gasteiger partial charge in [-0.3, -0.25) is 5.73 Å². The monoisotopic (exact) mass is 189 g/mol. The topological polar surface area (TPSA) is 53.7 Å². The Kier molecular flexibility index (Phi) is 3.29. The molecule has 0 amide bonds. The molecule has 0 aliphatic heterocycles. The summed E-state index contributed by atoms with van der Waals surface area (Å²) < 4.78 is 16.0. The Labute approximate surface area is 79.3 Å². The van der Waals surface area contributed by atoms with Gasteiger partial charge < -0.3 is 14.2 Å². The minimum Gasteiger partial charge on any atom is -0.358 e. The second-order valence-electron chi connectivity index (χ2n) is 3.46. The average molecular weight is 189 g/mol. The molecule has 1 fully saturated rings. The lowest BCUT2D eigenvalue weighted by molar-refractivity contribution is -0.321. The van der Waals surface area contributed by atoms with E-state index >= 15 is 0 Å². The maximum absolute atomic E-state index is 6.09. The van der Waals surface area contributed by atoms with Crippen LogP contribution in [0.1, 0.15) is 25.7 Å². The summed E-state index contributed by atoms with van der Waals surface area (Å²) in [6, 6.07) is 0. The highest BCUT2D eigenvalue weighted by Crippen LogP contribution is 2.38. The highest BCUT2D eigenvalue weighted by molar-refractivity contribution is 4.94. The van der Waals surface area contributed by atoms with Crippen molar-refractivity contribution in [2.45, 2.75) is 37.2 Å². The molecular weight excluding hydrogens is 170 g/mol. The minimum atomic E-state index is -0.811. The third-order valence-electron chi connectivity index (χ3n) is 2.97. The van der Waals surface area contributed by atoms with E-state index in [-0.39, 0.29) is 0 Å². The molecular formula is C9H19NO3. The molecule has 1 unspecified atom stereocenters. The fourth-order valence-electron chi connectivity index (χ4n) is 2.04. The zero-order chi connectivity index (χ0) is 9.95. The SMILES string of the molecule is COC1(N)CCCCC1(OC)OC. The molecule has 78 valence electrons. The van der Waals surface area contributed by atoms with Crippen LogP contribution in [0.15, 0.2) is 0 Å². The quantitative estimate of drug-likeness (QED) is 0.669. The lowest BCUT2D eigenvalue weighted by atomic mass is 9.85. The van der Waals surface area contributed by atoms with Crippen molar-refractivity contribution in [3.05, 3.63) is 0 Å². The third-order valence-corrected chi connectivity index (χ3v) is 2.97. The second kappa shape index (κ2) is 3.92. The summed E-state index contributed by atoms with van der Waals surface area (Å²) in [6.45, 7) is 0. The predicted molar refractivity (Wildman–Crippen MR) is 49.1 cm³/mol. The molecule has 0 spiro atoms. The summed E-state index contributed by atoms with van der Waals surface area (Å²) in [4.78, 5) is 0. The zero-order valence-corrected chi connectivity index (χ0v) is 8.63. The van der Waals surface area contributed by atoms with Crippen molar-refractivity contribution >= 4 is 0 Å². The van der Waals surface area contributed by atoms with Gasteiger partial charge in [-0.15, -0.1) is 0 Å². The molecule has 1 aliphatic rings. The van der Waals surface area contributed by atoms with Crippen molar-refractivity contribution in [1.29, 1.82) is 0 Å². The molecule has 1 saturated carbocycles. The van der Waals surface area contributed by atoms with Gasteiger partial charge in [0.05, 0.1) is 0 Å². The van der Waals surface area contributed by atoms with Crippen molar-refractivity contribution in [2.24, 2.45) is 5.73 Å². The zero-order valence-electron chi connectivity index (χ0n) is 8.63. The number of hydrogen-bond donors (Lipinski definition) is 1. The molecule has 1 rings (SSSR count). The van der Waals surface area contributed by atoms with Gasteiger partial charge in [-0.25, -0.2) is 0 Å². The smallest absolute Gasteiger partial charge is 0.210 e. The Morgan fingerprint density at radius 1 is 0.923 bits per heavy atom. The van der Waals surface area contributed by atoms with E-state index in [0.717, 1.165) is 25.7 Å². The van der Waals surface area contributed by atoms with E-state index < -0.39 is 11.5 Å². The molecule has 1 aliphatic carbocycles. The van der Waals surface area contributed by atoms with Crippen LogP contribution in [0.25, 0.3) is 0 Å². The van der Waals surface area contributed by atoms with Crippen LogP contribution in [0.5, 0.6) is 0 Å². The van der Waals surface area contributed by atoms with Crippen molar-refractivity contribution < 1.29 is 14.2 Å². The largest absolute Gasteiger partial charge is 0.358 e. The van der Waals surface area contributed by atoms with Gasteiger partial charge in [0.1, 0.15) is 0 Å². The van der Waals surface area contributed by atoms with E-state index in [1.165, 1.54) is 0 Å². The van der Waals surface area contributed by atoms with Crippen LogP contribution in [0.4, 0.5) is 0 Å².